The number of carbonyl (C=O) groups excluding carboxylic acids is 2. The number of aryl methyl sites for hydroxylation is 2. The van der Waals surface area contributed by atoms with E-state index in [1.165, 1.54) is 5.56 Å². The highest BCUT2D eigenvalue weighted by Gasteiger charge is 2.27. The Balaban J connectivity index is 2.19. The van der Waals surface area contributed by atoms with E-state index in [1.807, 2.05) is 45.0 Å². The van der Waals surface area contributed by atoms with Crippen LogP contribution in [0, 0.1) is 12.8 Å². The molecule has 2 aromatic carbocycles. The third-order valence-electron chi connectivity index (χ3n) is 4.99. The Bertz CT molecular complexity index is 846. The Kier molecular flexibility index (Phi) is 9.19. The highest BCUT2D eigenvalue weighted by molar-refractivity contribution is 6.36. The van der Waals surface area contributed by atoms with Crippen molar-refractivity contribution in [2.24, 2.45) is 5.92 Å². The summed E-state index contributed by atoms with van der Waals surface area (Å²) >= 11 is 12.7. The van der Waals surface area contributed by atoms with Crippen molar-refractivity contribution in [3.8, 4) is 0 Å². The first kappa shape index (κ1) is 24.2. The van der Waals surface area contributed by atoms with Crippen LogP contribution in [-0.4, -0.2) is 29.3 Å². The molecule has 0 aliphatic carbocycles. The molecule has 0 saturated carbocycles. The maximum absolute atomic E-state index is 13.2. The first-order valence-corrected chi connectivity index (χ1v) is 11.0. The average molecular weight is 449 g/mol. The normalized spacial score (nSPS) is 12.0. The van der Waals surface area contributed by atoms with Gasteiger partial charge in [0.2, 0.25) is 11.8 Å². The van der Waals surface area contributed by atoms with Crippen molar-refractivity contribution in [2.45, 2.75) is 53.1 Å². The number of benzene rings is 2. The van der Waals surface area contributed by atoms with Gasteiger partial charge in [0.25, 0.3) is 0 Å². The Hall–Kier alpha value is -2.04. The van der Waals surface area contributed by atoms with Crippen LogP contribution in [0.3, 0.4) is 0 Å². The first-order chi connectivity index (χ1) is 14.2. The predicted octanol–water partition coefficient (Wildman–Crippen LogP) is 5.42. The van der Waals surface area contributed by atoms with Crippen LogP contribution in [0.1, 0.15) is 43.9 Å². The molecule has 2 aromatic rings. The third kappa shape index (κ3) is 7.03. The van der Waals surface area contributed by atoms with E-state index in [9.17, 15) is 9.59 Å². The van der Waals surface area contributed by atoms with Crippen LogP contribution >= 0.6 is 23.2 Å². The van der Waals surface area contributed by atoms with Crippen LogP contribution in [0.25, 0.3) is 0 Å². The molecule has 0 aliphatic rings. The van der Waals surface area contributed by atoms with Gasteiger partial charge in [0.1, 0.15) is 6.04 Å². The number of carbonyl (C=O) groups is 2. The average Bonchev–Trinajstić information content (AvgIpc) is 2.70. The zero-order valence-corrected chi connectivity index (χ0v) is 19.6. The molecular formula is C24H30Cl2N2O2. The quantitative estimate of drug-likeness (QED) is 0.556. The summed E-state index contributed by atoms with van der Waals surface area (Å²) in [5, 5.41) is 3.87. The number of rotatable bonds is 9. The van der Waals surface area contributed by atoms with Crippen LogP contribution in [0.5, 0.6) is 0 Å². The Morgan fingerprint density at radius 2 is 1.60 bits per heavy atom. The summed E-state index contributed by atoms with van der Waals surface area (Å²) in [5.41, 5.74) is 2.91. The topological polar surface area (TPSA) is 49.4 Å². The van der Waals surface area contributed by atoms with Crippen molar-refractivity contribution >= 4 is 35.0 Å². The number of amides is 2. The van der Waals surface area contributed by atoms with Crippen molar-refractivity contribution in [3.63, 3.8) is 0 Å². The SMILES string of the molecule is Cc1ccc(CCC(=O)N(Cc2c(Cl)cccc2Cl)[C@H](C)C(=O)NCC(C)C)cc1. The minimum atomic E-state index is -0.637. The molecule has 0 fully saturated rings. The molecular weight excluding hydrogens is 419 g/mol. The lowest BCUT2D eigenvalue weighted by molar-refractivity contribution is -0.140. The molecule has 1 atom stereocenters. The summed E-state index contributed by atoms with van der Waals surface area (Å²) in [7, 11) is 0. The van der Waals surface area contributed by atoms with Gasteiger partial charge in [-0.05, 0) is 43.9 Å². The molecule has 30 heavy (non-hydrogen) atoms. The molecule has 4 nitrogen and oxygen atoms in total. The van der Waals surface area contributed by atoms with E-state index in [-0.39, 0.29) is 18.4 Å². The van der Waals surface area contributed by atoms with E-state index >= 15 is 0 Å². The van der Waals surface area contributed by atoms with E-state index in [4.69, 9.17) is 23.2 Å². The van der Waals surface area contributed by atoms with E-state index in [2.05, 4.69) is 5.32 Å². The third-order valence-corrected chi connectivity index (χ3v) is 5.70. The highest BCUT2D eigenvalue weighted by Crippen LogP contribution is 2.27. The first-order valence-electron chi connectivity index (χ1n) is 10.2. The molecule has 0 saturated heterocycles. The molecule has 0 radical (unpaired) electrons. The zero-order chi connectivity index (χ0) is 22.3. The summed E-state index contributed by atoms with van der Waals surface area (Å²) < 4.78 is 0. The maximum Gasteiger partial charge on any atom is 0.242 e. The Labute approximate surface area is 189 Å². The highest BCUT2D eigenvalue weighted by atomic mass is 35.5. The molecule has 0 heterocycles. The minimum Gasteiger partial charge on any atom is -0.354 e. The van der Waals surface area contributed by atoms with Gasteiger partial charge in [-0.3, -0.25) is 9.59 Å². The molecule has 0 unspecified atom stereocenters. The number of hydrogen-bond acceptors (Lipinski definition) is 2. The molecule has 162 valence electrons. The van der Waals surface area contributed by atoms with Crippen LogP contribution in [0.4, 0.5) is 0 Å². The van der Waals surface area contributed by atoms with Crippen LogP contribution in [-0.2, 0) is 22.6 Å². The van der Waals surface area contributed by atoms with Gasteiger partial charge in [-0.2, -0.15) is 0 Å². The lowest BCUT2D eigenvalue weighted by Crippen LogP contribution is -2.48. The fraction of sp³-hybridized carbons (Fsp3) is 0.417. The minimum absolute atomic E-state index is 0.112. The van der Waals surface area contributed by atoms with Crippen LogP contribution < -0.4 is 5.32 Å². The van der Waals surface area contributed by atoms with E-state index in [0.29, 0.717) is 40.9 Å². The monoisotopic (exact) mass is 448 g/mol. The fourth-order valence-corrected chi connectivity index (χ4v) is 3.56. The van der Waals surface area contributed by atoms with Crippen molar-refractivity contribution in [1.29, 1.82) is 0 Å². The summed E-state index contributed by atoms with van der Waals surface area (Å²) in [5.74, 6) is 0.0270. The van der Waals surface area contributed by atoms with Gasteiger partial charge in [-0.1, -0.05) is 72.9 Å². The molecule has 1 N–H and O–H groups in total. The number of nitrogens with one attached hydrogen (secondary N) is 1. The molecule has 0 aliphatic heterocycles. The molecule has 2 amide bonds. The number of hydrogen-bond donors (Lipinski definition) is 1. The van der Waals surface area contributed by atoms with Crippen molar-refractivity contribution in [3.05, 3.63) is 69.2 Å². The summed E-state index contributed by atoms with van der Waals surface area (Å²) in [4.78, 5) is 27.4. The molecule has 0 bridgehead atoms. The Morgan fingerprint density at radius 3 is 2.17 bits per heavy atom. The van der Waals surface area contributed by atoms with Crippen LogP contribution in [0.15, 0.2) is 42.5 Å². The van der Waals surface area contributed by atoms with Gasteiger partial charge in [-0.25, -0.2) is 0 Å². The summed E-state index contributed by atoms with van der Waals surface area (Å²) in [6, 6.07) is 12.7. The molecule has 0 spiro atoms. The second-order valence-corrected chi connectivity index (χ2v) is 8.84. The standard InChI is InChI=1S/C24H30Cl2N2O2/c1-16(2)14-27-24(30)18(4)28(15-20-21(25)6-5-7-22(20)26)23(29)13-12-19-10-8-17(3)9-11-19/h5-11,16,18H,12-15H2,1-4H3,(H,27,30)/t18-/m1/s1. The predicted molar refractivity (Wildman–Crippen MR) is 124 cm³/mol. The maximum atomic E-state index is 13.2. The summed E-state index contributed by atoms with van der Waals surface area (Å²) in [6.07, 6.45) is 0.902. The van der Waals surface area contributed by atoms with Gasteiger partial charge < -0.3 is 10.2 Å². The van der Waals surface area contributed by atoms with Gasteiger partial charge in [0.05, 0.1) is 0 Å². The molecule has 2 rings (SSSR count). The van der Waals surface area contributed by atoms with Gasteiger partial charge in [0.15, 0.2) is 0 Å². The smallest absolute Gasteiger partial charge is 0.242 e. The van der Waals surface area contributed by atoms with Gasteiger partial charge >= 0.3 is 0 Å². The lowest BCUT2D eigenvalue weighted by Gasteiger charge is -2.29. The van der Waals surface area contributed by atoms with E-state index in [0.717, 1.165) is 5.56 Å². The van der Waals surface area contributed by atoms with Crippen molar-refractivity contribution in [1.82, 2.24) is 10.2 Å². The molecule has 0 aromatic heterocycles. The van der Waals surface area contributed by atoms with Crippen molar-refractivity contribution < 1.29 is 9.59 Å². The second-order valence-electron chi connectivity index (χ2n) is 8.02. The lowest BCUT2D eigenvalue weighted by atomic mass is 10.1. The van der Waals surface area contributed by atoms with E-state index < -0.39 is 6.04 Å². The van der Waals surface area contributed by atoms with Gasteiger partial charge in [0, 0.05) is 35.1 Å². The largest absolute Gasteiger partial charge is 0.354 e. The number of nitrogens with zero attached hydrogens (tertiary/aromatic N) is 1. The number of halogens is 2. The molecule has 6 heteroatoms. The van der Waals surface area contributed by atoms with Crippen LogP contribution in [0.2, 0.25) is 10.0 Å². The fourth-order valence-electron chi connectivity index (χ4n) is 3.04. The van der Waals surface area contributed by atoms with Crippen molar-refractivity contribution in [2.75, 3.05) is 6.54 Å². The zero-order valence-electron chi connectivity index (χ0n) is 18.0. The van der Waals surface area contributed by atoms with E-state index in [1.54, 1.807) is 30.0 Å². The second kappa shape index (κ2) is 11.4. The van der Waals surface area contributed by atoms with Gasteiger partial charge in [-0.15, -0.1) is 0 Å². The Morgan fingerprint density at radius 1 is 1.00 bits per heavy atom. The summed E-state index contributed by atoms with van der Waals surface area (Å²) in [6.45, 7) is 8.56.